The number of carboxylic acids is 1. The van der Waals surface area contributed by atoms with Crippen molar-refractivity contribution in [1.29, 1.82) is 5.41 Å². The lowest BCUT2D eigenvalue weighted by Crippen LogP contribution is -2.12. The second-order valence-electron chi connectivity index (χ2n) is 7.58. The molecule has 8 nitrogen and oxygen atoms in total. The van der Waals surface area contributed by atoms with Gasteiger partial charge in [-0.25, -0.2) is 4.79 Å². The summed E-state index contributed by atoms with van der Waals surface area (Å²) < 4.78 is 7.64. The number of hydrogen-bond acceptors (Lipinski definition) is 5. The minimum atomic E-state index is -1.04. The van der Waals surface area contributed by atoms with Gasteiger partial charge in [0.1, 0.15) is 17.3 Å². The molecular weight excluding hydrogens is 418 g/mol. The topological polar surface area (TPSA) is 127 Å². The van der Waals surface area contributed by atoms with Crippen molar-refractivity contribution in [2.75, 3.05) is 0 Å². The lowest BCUT2D eigenvalue weighted by atomic mass is 10.0. The number of amidine groups is 1. The number of benzene rings is 3. The number of carbonyl (C=O) groups is 1. The highest BCUT2D eigenvalue weighted by Gasteiger charge is 2.17. The van der Waals surface area contributed by atoms with Crippen molar-refractivity contribution in [1.82, 2.24) is 14.8 Å². The maximum Gasteiger partial charge on any atom is 0.352 e. The molecule has 4 N–H and O–H groups in total. The molecule has 2 heterocycles. The average Bonchev–Trinajstić information content (AvgIpc) is 3.18. The second-order valence-corrected chi connectivity index (χ2v) is 7.58. The molecule has 0 unspecified atom stereocenters. The van der Waals surface area contributed by atoms with E-state index in [4.69, 9.17) is 15.9 Å². The monoisotopic (exact) mass is 437 g/mol. The van der Waals surface area contributed by atoms with Crippen molar-refractivity contribution >= 4 is 33.5 Å². The summed E-state index contributed by atoms with van der Waals surface area (Å²) in [6.07, 6.45) is 1.57. The smallest absolute Gasteiger partial charge is 0.352 e. The number of nitrogens with one attached hydrogen (secondary N) is 1. The van der Waals surface area contributed by atoms with Gasteiger partial charge in [0.15, 0.2) is 0 Å². The first kappa shape index (κ1) is 20.2. The quantitative estimate of drug-likeness (QED) is 0.267. The van der Waals surface area contributed by atoms with Gasteiger partial charge >= 0.3 is 5.97 Å². The molecule has 0 spiro atoms. The second kappa shape index (κ2) is 8.08. The van der Waals surface area contributed by atoms with Crippen LogP contribution in [0.3, 0.4) is 0 Å². The summed E-state index contributed by atoms with van der Waals surface area (Å²) in [5, 5.41) is 28.1. The van der Waals surface area contributed by atoms with Crippen molar-refractivity contribution in [3.05, 3.63) is 95.8 Å². The van der Waals surface area contributed by atoms with Crippen molar-refractivity contribution in [3.63, 3.8) is 0 Å². The van der Waals surface area contributed by atoms with Gasteiger partial charge in [0.05, 0.1) is 0 Å². The first-order valence-corrected chi connectivity index (χ1v) is 10.2. The van der Waals surface area contributed by atoms with Gasteiger partial charge in [-0.3, -0.25) is 5.41 Å². The van der Waals surface area contributed by atoms with E-state index in [0.29, 0.717) is 22.7 Å². The Morgan fingerprint density at radius 3 is 2.64 bits per heavy atom. The van der Waals surface area contributed by atoms with E-state index in [1.54, 1.807) is 47.2 Å². The highest BCUT2D eigenvalue weighted by Crippen LogP contribution is 2.31. The Labute approximate surface area is 188 Å². The summed E-state index contributed by atoms with van der Waals surface area (Å²) in [5.41, 5.74) is 7.91. The molecule has 0 aliphatic carbocycles. The van der Waals surface area contributed by atoms with Crippen LogP contribution < -0.4 is 10.5 Å². The molecule has 0 radical (unpaired) electrons. The van der Waals surface area contributed by atoms with Crippen LogP contribution in [0, 0.1) is 5.41 Å². The molecule has 0 saturated heterocycles. The summed E-state index contributed by atoms with van der Waals surface area (Å²) in [4.78, 5) is 12.0. The zero-order chi connectivity index (χ0) is 22.9. The van der Waals surface area contributed by atoms with Crippen LogP contribution in [0.5, 0.6) is 11.6 Å². The van der Waals surface area contributed by atoms with Gasteiger partial charge < -0.3 is 20.1 Å². The van der Waals surface area contributed by atoms with Crippen molar-refractivity contribution in [3.8, 4) is 11.6 Å². The van der Waals surface area contributed by atoms with Gasteiger partial charge in [0.25, 0.3) is 0 Å². The van der Waals surface area contributed by atoms with Gasteiger partial charge in [0.2, 0.25) is 5.88 Å². The summed E-state index contributed by atoms with van der Waals surface area (Å²) in [5.74, 6) is -0.178. The molecule has 8 heteroatoms. The van der Waals surface area contributed by atoms with Gasteiger partial charge in [0, 0.05) is 35.3 Å². The number of carboxylic acid groups (broad SMARTS) is 1. The van der Waals surface area contributed by atoms with Crippen LogP contribution in [-0.4, -0.2) is 31.7 Å². The Morgan fingerprint density at radius 2 is 1.88 bits per heavy atom. The summed E-state index contributed by atoms with van der Waals surface area (Å²) in [6, 6.07) is 21.9. The van der Waals surface area contributed by atoms with E-state index in [1.807, 2.05) is 36.4 Å². The first-order chi connectivity index (χ1) is 16.0. The van der Waals surface area contributed by atoms with Crippen LogP contribution in [0.2, 0.25) is 0 Å². The van der Waals surface area contributed by atoms with Crippen molar-refractivity contribution in [2.45, 2.75) is 6.54 Å². The Hall–Kier alpha value is -4.72. The van der Waals surface area contributed by atoms with Crippen molar-refractivity contribution in [2.24, 2.45) is 5.73 Å². The normalized spacial score (nSPS) is 11.0. The zero-order valence-corrected chi connectivity index (χ0v) is 17.4. The minimum Gasteiger partial charge on any atom is -0.477 e. The van der Waals surface area contributed by atoms with Crippen LogP contribution in [0.15, 0.2) is 79.0 Å². The number of aromatic carboxylic acids is 1. The van der Waals surface area contributed by atoms with Crippen molar-refractivity contribution < 1.29 is 14.6 Å². The zero-order valence-electron chi connectivity index (χ0n) is 17.4. The van der Waals surface area contributed by atoms with E-state index in [-0.39, 0.29) is 18.1 Å². The number of aromatic nitrogens is 3. The molecule has 0 aliphatic rings. The average molecular weight is 437 g/mol. The molecule has 0 atom stereocenters. The summed E-state index contributed by atoms with van der Waals surface area (Å²) in [7, 11) is 0. The first-order valence-electron chi connectivity index (χ1n) is 10.2. The van der Waals surface area contributed by atoms with Crippen LogP contribution in [0.4, 0.5) is 0 Å². The summed E-state index contributed by atoms with van der Waals surface area (Å²) in [6.45, 7) is 0.282. The lowest BCUT2D eigenvalue weighted by Gasteiger charge is -2.14. The molecule has 5 aromatic rings. The molecule has 2 aromatic heterocycles. The highest BCUT2D eigenvalue weighted by atomic mass is 16.5. The van der Waals surface area contributed by atoms with Crippen LogP contribution in [0.1, 0.15) is 21.6 Å². The number of ether oxygens (including phenoxy) is 1. The van der Waals surface area contributed by atoms with Crippen LogP contribution in [-0.2, 0) is 6.54 Å². The van der Waals surface area contributed by atoms with Gasteiger partial charge in [-0.1, -0.05) is 36.4 Å². The standard InChI is InChI=1S/C25H19N5O3/c26-24(27)17-8-7-16-12-22(25(31)32)30(21(16)13-17)14-18-11-19(33-23-6-3-9-28-29-23)10-15-4-1-2-5-20(15)18/h1-13H,14H2,(H3,26,27)(H,31,32). The number of rotatable bonds is 6. The number of nitrogens with zero attached hydrogens (tertiary/aromatic N) is 3. The predicted octanol–water partition coefficient (Wildman–Crippen LogP) is 4.41. The SMILES string of the molecule is N=C(N)c1ccc2cc(C(=O)O)n(Cc3cc(Oc4cccnn4)cc4ccccc34)c2c1. The molecule has 5 rings (SSSR count). The molecule has 162 valence electrons. The fraction of sp³-hybridized carbons (Fsp3) is 0.0400. The van der Waals surface area contributed by atoms with E-state index in [0.717, 1.165) is 21.7 Å². The molecule has 0 fully saturated rings. The number of nitrogens with two attached hydrogens (primary N) is 1. The number of hydrogen-bond donors (Lipinski definition) is 3. The maximum absolute atomic E-state index is 12.0. The Morgan fingerprint density at radius 1 is 1.03 bits per heavy atom. The van der Waals surface area contributed by atoms with Crippen LogP contribution in [0.25, 0.3) is 21.7 Å². The molecule has 0 aliphatic heterocycles. The third kappa shape index (κ3) is 3.85. The molecular formula is C25H19N5O3. The fourth-order valence-corrected chi connectivity index (χ4v) is 3.95. The third-order valence-corrected chi connectivity index (χ3v) is 5.45. The molecule has 3 aromatic carbocycles. The van der Waals surface area contributed by atoms with E-state index < -0.39 is 5.97 Å². The number of fused-ring (bicyclic) bond motifs is 2. The molecule has 33 heavy (non-hydrogen) atoms. The van der Waals surface area contributed by atoms with E-state index in [9.17, 15) is 9.90 Å². The van der Waals surface area contributed by atoms with E-state index in [2.05, 4.69) is 10.2 Å². The molecule has 0 saturated carbocycles. The summed E-state index contributed by atoms with van der Waals surface area (Å²) >= 11 is 0. The lowest BCUT2D eigenvalue weighted by molar-refractivity contribution is 0.0686. The minimum absolute atomic E-state index is 0.0775. The third-order valence-electron chi connectivity index (χ3n) is 5.45. The van der Waals surface area contributed by atoms with Gasteiger partial charge in [-0.15, -0.1) is 5.10 Å². The largest absolute Gasteiger partial charge is 0.477 e. The van der Waals surface area contributed by atoms with Crippen LogP contribution >= 0.6 is 0 Å². The van der Waals surface area contributed by atoms with Gasteiger partial charge in [-0.2, -0.15) is 5.10 Å². The van der Waals surface area contributed by atoms with E-state index in [1.165, 1.54) is 0 Å². The Bertz CT molecular complexity index is 1530. The number of nitrogen functional groups attached to an aromatic ring is 1. The predicted molar refractivity (Wildman–Crippen MR) is 125 cm³/mol. The Kier molecular flexibility index (Phi) is 4.95. The molecule has 0 bridgehead atoms. The highest BCUT2D eigenvalue weighted by molar-refractivity contribution is 6.01. The molecule has 0 amide bonds. The fourth-order valence-electron chi connectivity index (χ4n) is 3.95. The Balaban J connectivity index is 1.67. The van der Waals surface area contributed by atoms with Gasteiger partial charge in [-0.05, 0) is 46.7 Å². The maximum atomic E-state index is 12.0. The van der Waals surface area contributed by atoms with E-state index >= 15 is 0 Å².